The van der Waals surface area contributed by atoms with Gasteiger partial charge in [0.1, 0.15) is 0 Å². The Morgan fingerprint density at radius 1 is 1.50 bits per heavy atom. The maximum atomic E-state index is 12.1. The first-order chi connectivity index (χ1) is 8.63. The molecule has 2 bridgehead atoms. The van der Waals surface area contributed by atoms with Crippen molar-refractivity contribution in [2.24, 2.45) is 24.8 Å². The molecule has 1 heterocycles. The molecule has 2 saturated carbocycles. The van der Waals surface area contributed by atoms with E-state index in [-0.39, 0.29) is 11.9 Å². The number of carbonyl (C=O) groups is 1. The molecule has 0 aliphatic heterocycles. The molecule has 1 amide bonds. The van der Waals surface area contributed by atoms with Gasteiger partial charge in [-0.1, -0.05) is 6.42 Å². The van der Waals surface area contributed by atoms with Crippen LogP contribution < -0.4 is 5.32 Å². The van der Waals surface area contributed by atoms with Gasteiger partial charge in [0.05, 0.1) is 11.8 Å². The van der Waals surface area contributed by atoms with Crippen LogP contribution in [0.25, 0.3) is 0 Å². The monoisotopic (exact) mass is 247 g/mol. The van der Waals surface area contributed by atoms with Crippen LogP contribution >= 0.6 is 0 Å². The first kappa shape index (κ1) is 11.8. The Hall–Kier alpha value is -1.32. The molecule has 2 aliphatic carbocycles. The lowest BCUT2D eigenvalue weighted by Crippen LogP contribution is -2.40. The van der Waals surface area contributed by atoms with Gasteiger partial charge in [0.15, 0.2) is 0 Å². The van der Waals surface area contributed by atoms with Gasteiger partial charge in [-0.25, -0.2) is 0 Å². The van der Waals surface area contributed by atoms with Crippen molar-refractivity contribution in [2.75, 3.05) is 0 Å². The predicted molar refractivity (Wildman–Crippen MR) is 69.1 cm³/mol. The molecule has 4 heteroatoms. The van der Waals surface area contributed by atoms with E-state index in [0.717, 1.165) is 11.8 Å². The number of rotatable bonds is 3. The van der Waals surface area contributed by atoms with Gasteiger partial charge in [0, 0.05) is 19.3 Å². The van der Waals surface area contributed by atoms with Crippen molar-refractivity contribution in [2.45, 2.75) is 38.6 Å². The Morgan fingerprint density at radius 3 is 2.89 bits per heavy atom. The summed E-state index contributed by atoms with van der Waals surface area (Å²) in [6.07, 6.45) is 8.86. The number of amides is 1. The van der Waals surface area contributed by atoms with Crippen molar-refractivity contribution in [1.82, 2.24) is 15.1 Å². The summed E-state index contributed by atoms with van der Waals surface area (Å²) in [5.74, 6) is 2.47. The van der Waals surface area contributed by atoms with Gasteiger partial charge < -0.3 is 5.32 Å². The molecule has 98 valence electrons. The second-order valence-electron chi connectivity index (χ2n) is 6.00. The van der Waals surface area contributed by atoms with Crippen LogP contribution in [0.15, 0.2) is 12.4 Å². The maximum Gasteiger partial charge on any atom is 0.254 e. The smallest absolute Gasteiger partial charge is 0.254 e. The van der Waals surface area contributed by atoms with Crippen LogP contribution in [0.4, 0.5) is 0 Å². The average molecular weight is 247 g/mol. The van der Waals surface area contributed by atoms with Crippen molar-refractivity contribution in [3.63, 3.8) is 0 Å². The van der Waals surface area contributed by atoms with Gasteiger partial charge in [-0.3, -0.25) is 9.48 Å². The minimum absolute atomic E-state index is 0.0124. The third-order valence-electron chi connectivity index (χ3n) is 4.76. The van der Waals surface area contributed by atoms with Gasteiger partial charge in [-0.2, -0.15) is 5.10 Å². The van der Waals surface area contributed by atoms with Crippen molar-refractivity contribution in [3.8, 4) is 0 Å². The predicted octanol–water partition coefficient (Wildman–Crippen LogP) is 1.97. The summed E-state index contributed by atoms with van der Waals surface area (Å²) >= 11 is 0. The van der Waals surface area contributed by atoms with E-state index in [1.165, 1.54) is 25.7 Å². The fraction of sp³-hybridized carbons (Fsp3) is 0.714. The summed E-state index contributed by atoms with van der Waals surface area (Å²) < 4.78 is 1.66. The zero-order chi connectivity index (χ0) is 12.7. The van der Waals surface area contributed by atoms with E-state index in [9.17, 15) is 4.79 Å². The molecule has 1 aromatic rings. The lowest BCUT2D eigenvalue weighted by Gasteiger charge is -2.28. The van der Waals surface area contributed by atoms with E-state index in [1.54, 1.807) is 17.1 Å². The molecule has 1 N–H and O–H groups in total. The van der Waals surface area contributed by atoms with Crippen LogP contribution in [-0.2, 0) is 7.05 Å². The maximum absolute atomic E-state index is 12.1. The number of aromatic nitrogens is 2. The van der Waals surface area contributed by atoms with Crippen LogP contribution in [0.1, 0.15) is 43.0 Å². The Kier molecular flexibility index (Phi) is 2.88. The fourth-order valence-corrected chi connectivity index (χ4v) is 3.84. The van der Waals surface area contributed by atoms with Gasteiger partial charge in [-0.05, 0) is 43.9 Å². The standard InChI is InChI=1S/C14H21N3O/c1-9(13-6-10-3-4-11(13)5-10)16-14(18)12-7-15-17(2)8-12/h7-11,13H,3-6H2,1-2H3,(H,16,18)/t9-,10-,11-,13+/m1/s1. The number of fused-ring (bicyclic) bond motifs is 2. The lowest BCUT2D eigenvalue weighted by atomic mass is 9.84. The SMILES string of the molecule is C[C@@H](NC(=O)c1cnn(C)c1)[C@@H]1C[C@@H]2CC[C@@H]1C2. The van der Waals surface area contributed by atoms with E-state index in [2.05, 4.69) is 17.3 Å². The quantitative estimate of drug-likeness (QED) is 0.887. The second kappa shape index (κ2) is 4.41. The van der Waals surface area contributed by atoms with Gasteiger partial charge >= 0.3 is 0 Å². The third kappa shape index (κ3) is 2.04. The molecule has 4 atom stereocenters. The minimum Gasteiger partial charge on any atom is -0.349 e. The van der Waals surface area contributed by atoms with Crippen LogP contribution in [0, 0.1) is 17.8 Å². The molecular formula is C14H21N3O. The van der Waals surface area contributed by atoms with E-state index in [4.69, 9.17) is 0 Å². The highest BCUT2D eigenvalue weighted by Gasteiger charge is 2.42. The summed E-state index contributed by atoms with van der Waals surface area (Å²) in [6.45, 7) is 2.15. The molecule has 0 saturated heterocycles. The van der Waals surface area contributed by atoms with Crippen molar-refractivity contribution in [3.05, 3.63) is 18.0 Å². The number of hydrogen-bond acceptors (Lipinski definition) is 2. The second-order valence-corrected chi connectivity index (χ2v) is 6.00. The largest absolute Gasteiger partial charge is 0.349 e. The molecule has 4 nitrogen and oxygen atoms in total. The van der Waals surface area contributed by atoms with Crippen LogP contribution in [0.3, 0.4) is 0 Å². The highest BCUT2D eigenvalue weighted by molar-refractivity contribution is 5.93. The number of nitrogens with zero attached hydrogens (tertiary/aromatic N) is 2. The van der Waals surface area contributed by atoms with E-state index in [1.807, 2.05) is 7.05 Å². The number of nitrogens with one attached hydrogen (secondary N) is 1. The molecule has 3 rings (SSSR count). The highest BCUT2D eigenvalue weighted by atomic mass is 16.1. The Labute approximate surface area is 108 Å². The molecule has 1 aromatic heterocycles. The van der Waals surface area contributed by atoms with Crippen molar-refractivity contribution in [1.29, 1.82) is 0 Å². The summed E-state index contributed by atoms with van der Waals surface area (Å²) in [4.78, 5) is 12.1. The fourth-order valence-electron chi connectivity index (χ4n) is 3.84. The summed E-state index contributed by atoms with van der Waals surface area (Å²) in [5.41, 5.74) is 0.660. The Balaban J connectivity index is 1.61. The van der Waals surface area contributed by atoms with Crippen LogP contribution in [0.2, 0.25) is 0 Å². The third-order valence-corrected chi connectivity index (χ3v) is 4.76. The molecule has 18 heavy (non-hydrogen) atoms. The Bertz CT molecular complexity index is 454. The molecule has 0 radical (unpaired) electrons. The normalized spacial score (nSPS) is 31.6. The highest BCUT2D eigenvalue weighted by Crippen LogP contribution is 2.49. The summed E-state index contributed by atoms with van der Waals surface area (Å²) in [7, 11) is 1.83. The zero-order valence-electron chi connectivity index (χ0n) is 11.1. The topological polar surface area (TPSA) is 46.9 Å². The van der Waals surface area contributed by atoms with E-state index < -0.39 is 0 Å². The number of aryl methyl sites for hydroxylation is 1. The van der Waals surface area contributed by atoms with Gasteiger partial charge in [-0.15, -0.1) is 0 Å². The average Bonchev–Trinajstić information content (AvgIpc) is 3.03. The first-order valence-electron chi connectivity index (χ1n) is 6.93. The molecule has 0 unspecified atom stereocenters. The summed E-state index contributed by atoms with van der Waals surface area (Å²) in [5, 5.41) is 7.18. The molecular weight excluding hydrogens is 226 g/mol. The molecule has 2 aliphatic rings. The molecule has 2 fully saturated rings. The van der Waals surface area contributed by atoms with Crippen molar-refractivity contribution >= 4 is 5.91 Å². The number of hydrogen-bond donors (Lipinski definition) is 1. The van der Waals surface area contributed by atoms with Crippen molar-refractivity contribution < 1.29 is 4.79 Å². The molecule has 0 aromatic carbocycles. The first-order valence-corrected chi connectivity index (χ1v) is 6.93. The van der Waals surface area contributed by atoms with E-state index >= 15 is 0 Å². The lowest BCUT2D eigenvalue weighted by molar-refractivity contribution is 0.0915. The van der Waals surface area contributed by atoms with Gasteiger partial charge in [0.2, 0.25) is 0 Å². The van der Waals surface area contributed by atoms with Crippen LogP contribution in [-0.4, -0.2) is 21.7 Å². The summed E-state index contributed by atoms with van der Waals surface area (Å²) in [6, 6.07) is 0.285. The Morgan fingerprint density at radius 2 is 2.33 bits per heavy atom. The zero-order valence-corrected chi connectivity index (χ0v) is 11.1. The van der Waals surface area contributed by atoms with Gasteiger partial charge in [0.25, 0.3) is 5.91 Å². The number of carbonyl (C=O) groups excluding carboxylic acids is 1. The minimum atomic E-state index is 0.0124. The van der Waals surface area contributed by atoms with E-state index in [0.29, 0.717) is 11.5 Å². The molecule has 0 spiro atoms. The van der Waals surface area contributed by atoms with Crippen LogP contribution in [0.5, 0.6) is 0 Å².